The lowest BCUT2D eigenvalue weighted by Crippen LogP contribution is -2.44. The number of rotatable bonds is 6. The normalized spacial score (nSPS) is 15.5. The fraction of sp³-hybridized carbons (Fsp3) is 0.292. The number of carbonyl (C=O) groups is 1. The van der Waals surface area contributed by atoms with Crippen LogP contribution < -0.4 is 5.32 Å². The van der Waals surface area contributed by atoms with E-state index < -0.39 is 17.5 Å². The molecule has 0 unspecified atom stereocenters. The van der Waals surface area contributed by atoms with Crippen molar-refractivity contribution in [1.82, 2.24) is 25.4 Å². The van der Waals surface area contributed by atoms with Crippen LogP contribution in [0.3, 0.4) is 0 Å². The molecule has 36 heavy (non-hydrogen) atoms. The summed E-state index contributed by atoms with van der Waals surface area (Å²) in [5.41, 5.74) is 1.65. The van der Waals surface area contributed by atoms with Gasteiger partial charge in [-0.1, -0.05) is 23.4 Å². The molecule has 4 heterocycles. The van der Waals surface area contributed by atoms with Gasteiger partial charge in [0.1, 0.15) is 5.01 Å². The average molecular weight is 516 g/mol. The molecule has 3 aromatic heterocycles. The highest BCUT2D eigenvalue weighted by Gasteiger charge is 2.39. The smallest absolute Gasteiger partial charge is 0.381 e. The van der Waals surface area contributed by atoms with E-state index in [0.29, 0.717) is 32.6 Å². The molecular weight excluding hydrogens is 495 g/mol. The molecule has 0 aliphatic carbocycles. The number of hydrogen-bond acceptors (Lipinski definition) is 8. The number of carbonyl (C=O) groups excluding carboxylic acids is 1. The Bertz CT molecular complexity index is 1350. The number of aromatic nitrogens is 4. The Morgan fingerprint density at radius 3 is 2.64 bits per heavy atom. The van der Waals surface area contributed by atoms with E-state index in [1.807, 2.05) is 23.6 Å². The third-order valence-corrected chi connectivity index (χ3v) is 7.06. The molecule has 0 bridgehead atoms. The van der Waals surface area contributed by atoms with Crippen molar-refractivity contribution in [2.45, 2.75) is 24.4 Å². The minimum atomic E-state index is -4.75. The Morgan fingerprint density at radius 2 is 1.92 bits per heavy atom. The first-order valence-electron chi connectivity index (χ1n) is 11.1. The van der Waals surface area contributed by atoms with Crippen molar-refractivity contribution in [3.05, 3.63) is 70.5 Å². The van der Waals surface area contributed by atoms with E-state index in [-0.39, 0.29) is 22.9 Å². The quantitative estimate of drug-likeness (QED) is 0.395. The van der Waals surface area contributed by atoms with Crippen molar-refractivity contribution in [2.24, 2.45) is 0 Å². The minimum Gasteiger partial charge on any atom is -0.381 e. The predicted molar refractivity (Wildman–Crippen MR) is 124 cm³/mol. The van der Waals surface area contributed by atoms with Gasteiger partial charge in [0.15, 0.2) is 0 Å². The highest BCUT2D eigenvalue weighted by molar-refractivity contribution is 7.10. The number of ether oxygens (including phenoxy) is 1. The summed E-state index contributed by atoms with van der Waals surface area (Å²) >= 11 is 1.52. The van der Waals surface area contributed by atoms with Gasteiger partial charge in [-0.25, -0.2) is 4.98 Å². The Kier molecular flexibility index (Phi) is 6.54. The van der Waals surface area contributed by atoms with Crippen molar-refractivity contribution < 1.29 is 27.2 Å². The number of halogens is 3. The van der Waals surface area contributed by atoms with Gasteiger partial charge in [0.2, 0.25) is 5.82 Å². The van der Waals surface area contributed by atoms with Crippen LogP contribution in [0.4, 0.5) is 13.2 Å². The van der Waals surface area contributed by atoms with Crippen molar-refractivity contribution in [3.8, 4) is 22.8 Å². The largest absolute Gasteiger partial charge is 0.471 e. The van der Waals surface area contributed by atoms with Crippen LogP contribution in [0, 0.1) is 0 Å². The van der Waals surface area contributed by atoms with Gasteiger partial charge in [-0.3, -0.25) is 9.78 Å². The molecule has 1 aliphatic heterocycles. The van der Waals surface area contributed by atoms with Crippen LogP contribution >= 0.6 is 11.3 Å². The summed E-state index contributed by atoms with van der Waals surface area (Å²) in [6.45, 7) is 1.42. The second-order valence-electron chi connectivity index (χ2n) is 8.33. The van der Waals surface area contributed by atoms with Crippen molar-refractivity contribution in [1.29, 1.82) is 0 Å². The van der Waals surface area contributed by atoms with Crippen LogP contribution in [0.25, 0.3) is 22.8 Å². The van der Waals surface area contributed by atoms with E-state index in [4.69, 9.17) is 9.72 Å². The zero-order valence-corrected chi connectivity index (χ0v) is 19.6. The van der Waals surface area contributed by atoms with Crippen LogP contribution in [0.15, 0.2) is 58.6 Å². The van der Waals surface area contributed by atoms with Gasteiger partial charge in [-0.15, -0.1) is 11.3 Å². The molecule has 1 fully saturated rings. The van der Waals surface area contributed by atoms with Crippen LogP contribution in [-0.4, -0.2) is 45.8 Å². The summed E-state index contributed by atoms with van der Waals surface area (Å²) in [6.07, 6.45) is -1.66. The van der Waals surface area contributed by atoms with E-state index in [2.05, 4.69) is 25.0 Å². The fourth-order valence-electron chi connectivity index (χ4n) is 3.98. The van der Waals surface area contributed by atoms with E-state index in [0.717, 1.165) is 16.4 Å². The molecule has 0 radical (unpaired) electrons. The molecule has 1 N–H and O–H groups in total. The number of thiazole rings is 1. The Labute approximate surface area is 207 Å². The Morgan fingerprint density at radius 1 is 1.08 bits per heavy atom. The predicted octanol–water partition coefficient (Wildman–Crippen LogP) is 4.75. The monoisotopic (exact) mass is 515 g/mol. The zero-order chi connectivity index (χ0) is 25.2. The van der Waals surface area contributed by atoms with Crippen LogP contribution in [0.5, 0.6) is 0 Å². The summed E-state index contributed by atoms with van der Waals surface area (Å²) in [6, 6.07) is 11.7. The lowest BCUT2D eigenvalue weighted by atomic mass is 9.80. The number of pyridine rings is 1. The SMILES string of the molecule is O=C(NCC1(c2nc(-c3ccccn3)cs2)CCOCC1)c1cccc(-c2noc(C(F)(F)F)n2)c1. The van der Waals surface area contributed by atoms with Gasteiger partial charge in [-0.05, 0) is 37.1 Å². The number of hydrogen-bond donors (Lipinski definition) is 1. The highest BCUT2D eigenvalue weighted by Crippen LogP contribution is 2.38. The number of benzene rings is 1. The summed E-state index contributed by atoms with van der Waals surface area (Å²) < 4.78 is 48.3. The van der Waals surface area contributed by atoms with Gasteiger partial charge in [0.25, 0.3) is 5.91 Å². The first-order chi connectivity index (χ1) is 17.3. The minimum absolute atomic E-state index is 0.239. The molecule has 12 heteroatoms. The molecular formula is C24H20F3N5O3S. The fourth-order valence-corrected chi connectivity index (χ4v) is 5.06. The molecule has 0 spiro atoms. The summed E-state index contributed by atoms with van der Waals surface area (Å²) in [7, 11) is 0. The van der Waals surface area contributed by atoms with E-state index in [9.17, 15) is 18.0 Å². The number of nitrogens with one attached hydrogen (secondary N) is 1. The van der Waals surface area contributed by atoms with E-state index >= 15 is 0 Å². The first-order valence-corrected chi connectivity index (χ1v) is 12.0. The highest BCUT2D eigenvalue weighted by atomic mass is 32.1. The Hall–Kier alpha value is -3.64. The van der Waals surface area contributed by atoms with Crippen LogP contribution in [-0.2, 0) is 16.3 Å². The summed E-state index contributed by atoms with van der Waals surface area (Å²) in [5.74, 6) is -2.06. The summed E-state index contributed by atoms with van der Waals surface area (Å²) in [4.78, 5) is 25.6. The molecule has 0 atom stereocenters. The van der Waals surface area contributed by atoms with Crippen molar-refractivity contribution >= 4 is 17.2 Å². The van der Waals surface area contributed by atoms with Crippen molar-refractivity contribution in [3.63, 3.8) is 0 Å². The topological polar surface area (TPSA) is 103 Å². The lowest BCUT2D eigenvalue weighted by Gasteiger charge is -2.35. The third kappa shape index (κ3) is 5.00. The Balaban J connectivity index is 1.34. The van der Waals surface area contributed by atoms with Gasteiger partial charge in [-0.2, -0.15) is 18.2 Å². The third-order valence-electron chi connectivity index (χ3n) is 5.97. The lowest BCUT2D eigenvalue weighted by molar-refractivity contribution is -0.159. The summed E-state index contributed by atoms with van der Waals surface area (Å²) in [5, 5.41) is 9.22. The van der Waals surface area contributed by atoms with Crippen LogP contribution in [0.2, 0.25) is 0 Å². The molecule has 186 valence electrons. The van der Waals surface area contributed by atoms with Gasteiger partial charge in [0.05, 0.1) is 11.4 Å². The molecule has 1 amide bonds. The number of alkyl halides is 3. The number of nitrogens with zero attached hydrogens (tertiary/aromatic N) is 4. The van der Waals surface area contributed by atoms with E-state index in [1.165, 1.54) is 23.5 Å². The van der Waals surface area contributed by atoms with E-state index in [1.54, 1.807) is 18.3 Å². The molecule has 1 aliphatic rings. The maximum atomic E-state index is 13.0. The second-order valence-corrected chi connectivity index (χ2v) is 9.19. The van der Waals surface area contributed by atoms with Gasteiger partial charge >= 0.3 is 12.1 Å². The second kappa shape index (κ2) is 9.78. The van der Waals surface area contributed by atoms with Gasteiger partial charge < -0.3 is 14.6 Å². The maximum absolute atomic E-state index is 13.0. The molecule has 1 saturated heterocycles. The molecule has 4 aromatic rings. The average Bonchev–Trinajstić information content (AvgIpc) is 3.60. The van der Waals surface area contributed by atoms with Crippen LogP contribution in [0.1, 0.15) is 34.1 Å². The first kappa shape index (κ1) is 24.1. The molecule has 0 saturated carbocycles. The molecule has 1 aromatic carbocycles. The number of amides is 1. The zero-order valence-electron chi connectivity index (χ0n) is 18.8. The molecule has 8 nitrogen and oxygen atoms in total. The standard InChI is InChI=1S/C24H20F3N5O3S/c25-24(26,27)21-31-19(32-35-21)15-4-3-5-16(12-15)20(33)29-14-23(7-10-34-11-8-23)22-30-18(13-36-22)17-6-1-2-9-28-17/h1-6,9,12-13H,7-8,10-11,14H2,(H,29,33). The van der Waals surface area contributed by atoms with Crippen molar-refractivity contribution in [2.75, 3.05) is 19.8 Å². The molecule has 5 rings (SSSR count). The van der Waals surface area contributed by atoms with Gasteiger partial charge in [0, 0.05) is 47.9 Å². The maximum Gasteiger partial charge on any atom is 0.471 e.